The van der Waals surface area contributed by atoms with Crippen LogP contribution in [-0.4, -0.2) is 80.9 Å². The standard InChI is InChI=1S/C13H24N4O2/c1-16-4-2-10(6-16)12-8-17(13(18)15-12)7-11-9-19-5-3-14-11/h10-12,14H,2-9H2,1H3,(H,15,18). The van der Waals surface area contributed by atoms with Gasteiger partial charge in [0.05, 0.1) is 19.3 Å². The first-order valence-corrected chi connectivity index (χ1v) is 7.27. The molecule has 0 saturated carbocycles. The Kier molecular flexibility index (Phi) is 3.91. The molecule has 3 heterocycles. The van der Waals surface area contributed by atoms with Crippen LogP contribution in [0.2, 0.25) is 0 Å². The van der Waals surface area contributed by atoms with Crippen molar-refractivity contribution in [1.29, 1.82) is 0 Å². The highest BCUT2D eigenvalue weighted by Crippen LogP contribution is 2.22. The van der Waals surface area contributed by atoms with Crippen molar-refractivity contribution in [3.05, 3.63) is 0 Å². The van der Waals surface area contributed by atoms with Gasteiger partial charge in [-0.2, -0.15) is 0 Å². The second kappa shape index (κ2) is 5.64. The molecule has 3 atom stereocenters. The van der Waals surface area contributed by atoms with Gasteiger partial charge in [0.2, 0.25) is 0 Å². The molecule has 0 aromatic rings. The lowest BCUT2D eigenvalue weighted by Crippen LogP contribution is -2.49. The molecule has 3 rings (SSSR count). The minimum absolute atomic E-state index is 0.0897. The maximum Gasteiger partial charge on any atom is 0.317 e. The third-order valence-electron chi connectivity index (χ3n) is 4.45. The van der Waals surface area contributed by atoms with Gasteiger partial charge in [0.15, 0.2) is 0 Å². The van der Waals surface area contributed by atoms with Gasteiger partial charge in [-0.25, -0.2) is 4.79 Å². The highest BCUT2D eigenvalue weighted by atomic mass is 16.5. The molecule has 3 saturated heterocycles. The minimum Gasteiger partial charge on any atom is -0.378 e. The number of hydrogen-bond donors (Lipinski definition) is 2. The summed E-state index contributed by atoms with van der Waals surface area (Å²) in [4.78, 5) is 16.3. The van der Waals surface area contributed by atoms with Crippen molar-refractivity contribution < 1.29 is 9.53 Å². The average molecular weight is 268 g/mol. The molecule has 0 radical (unpaired) electrons. The molecular weight excluding hydrogens is 244 g/mol. The molecule has 3 fully saturated rings. The lowest BCUT2D eigenvalue weighted by atomic mass is 10.00. The topological polar surface area (TPSA) is 56.8 Å². The quantitative estimate of drug-likeness (QED) is 0.712. The van der Waals surface area contributed by atoms with Gasteiger partial charge in [0.25, 0.3) is 0 Å². The predicted octanol–water partition coefficient (Wildman–Crippen LogP) is -0.680. The van der Waals surface area contributed by atoms with E-state index in [1.165, 1.54) is 6.42 Å². The van der Waals surface area contributed by atoms with Crippen molar-refractivity contribution >= 4 is 6.03 Å². The van der Waals surface area contributed by atoms with Crippen molar-refractivity contribution in [2.24, 2.45) is 5.92 Å². The largest absolute Gasteiger partial charge is 0.378 e. The molecule has 3 aliphatic heterocycles. The summed E-state index contributed by atoms with van der Waals surface area (Å²) in [6.45, 7) is 6.22. The average Bonchev–Trinajstić information content (AvgIpc) is 2.98. The number of rotatable bonds is 3. The normalized spacial score (nSPS) is 36.8. The van der Waals surface area contributed by atoms with E-state index >= 15 is 0 Å². The number of ether oxygens (including phenoxy) is 1. The van der Waals surface area contributed by atoms with Gasteiger partial charge < -0.3 is 25.2 Å². The highest BCUT2D eigenvalue weighted by molar-refractivity contribution is 5.77. The molecule has 0 bridgehead atoms. The van der Waals surface area contributed by atoms with Crippen molar-refractivity contribution in [3.63, 3.8) is 0 Å². The zero-order valence-corrected chi connectivity index (χ0v) is 11.6. The monoisotopic (exact) mass is 268 g/mol. The Labute approximate surface area is 114 Å². The zero-order chi connectivity index (χ0) is 13.2. The van der Waals surface area contributed by atoms with Crippen LogP contribution < -0.4 is 10.6 Å². The molecule has 0 spiro atoms. The third-order valence-corrected chi connectivity index (χ3v) is 4.45. The van der Waals surface area contributed by atoms with Crippen molar-refractivity contribution in [2.45, 2.75) is 18.5 Å². The third kappa shape index (κ3) is 3.01. The molecule has 2 amide bonds. The molecule has 3 unspecified atom stereocenters. The number of amides is 2. The van der Waals surface area contributed by atoms with Gasteiger partial charge >= 0.3 is 6.03 Å². The smallest absolute Gasteiger partial charge is 0.317 e. The van der Waals surface area contributed by atoms with Crippen LogP contribution in [0.1, 0.15) is 6.42 Å². The first kappa shape index (κ1) is 13.1. The number of carbonyl (C=O) groups is 1. The van der Waals surface area contributed by atoms with E-state index < -0.39 is 0 Å². The molecular formula is C13H24N4O2. The SMILES string of the molecule is CN1CCC(C2CN(CC3COCCN3)C(=O)N2)C1. The molecule has 0 aromatic carbocycles. The van der Waals surface area contributed by atoms with Crippen LogP contribution in [-0.2, 0) is 4.74 Å². The van der Waals surface area contributed by atoms with E-state index in [0.717, 1.165) is 39.3 Å². The Morgan fingerprint density at radius 3 is 3.00 bits per heavy atom. The van der Waals surface area contributed by atoms with Crippen LogP contribution in [0.4, 0.5) is 4.79 Å². The van der Waals surface area contributed by atoms with E-state index in [1.807, 2.05) is 4.90 Å². The first-order valence-electron chi connectivity index (χ1n) is 7.27. The Hall–Kier alpha value is -0.850. The summed E-state index contributed by atoms with van der Waals surface area (Å²) < 4.78 is 5.44. The van der Waals surface area contributed by atoms with E-state index in [9.17, 15) is 4.79 Å². The molecule has 3 aliphatic rings. The molecule has 6 nitrogen and oxygen atoms in total. The van der Waals surface area contributed by atoms with Crippen LogP contribution in [0.15, 0.2) is 0 Å². The fraction of sp³-hybridized carbons (Fsp3) is 0.923. The number of carbonyl (C=O) groups excluding carboxylic acids is 1. The molecule has 0 aliphatic carbocycles. The minimum atomic E-state index is 0.0897. The van der Waals surface area contributed by atoms with Gasteiger partial charge in [-0.15, -0.1) is 0 Å². The van der Waals surface area contributed by atoms with E-state index in [4.69, 9.17) is 4.74 Å². The van der Waals surface area contributed by atoms with Gasteiger partial charge in [-0.3, -0.25) is 0 Å². The van der Waals surface area contributed by atoms with Gasteiger partial charge in [0, 0.05) is 32.2 Å². The van der Waals surface area contributed by atoms with E-state index in [-0.39, 0.29) is 12.1 Å². The van der Waals surface area contributed by atoms with Crippen molar-refractivity contribution in [3.8, 4) is 0 Å². The van der Waals surface area contributed by atoms with E-state index in [2.05, 4.69) is 22.6 Å². The predicted molar refractivity (Wildman–Crippen MR) is 72.1 cm³/mol. The second-order valence-electron chi connectivity index (χ2n) is 6.00. The van der Waals surface area contributed by atoms with Crippen molar-refractivity contribution in [1.82, 2.24) is 20.4 Å². The lowest BCUT2D eigenvalue weighted by molar-refractivity contribution is 0.0677. The Bertz CT molecular complexity index is 333. The Balaban J connectivity index is 1.51. The first-order chi connectivity index (χ1) is 9.22. The summed E-state index contributed by atoms with van der Waals surface area (Å²) in [5.41, 5.74) is 0. The Morgan fingerprint density at radius 2 is 2.32 bits per heavy atom. The summed E-state index contributed by atoms with van der Waals surface area (Å²) in [6.07, 6.45) is 1.19. The van der Waals surface area contributed by atoms with Gasteiger partial charge in [0.1, 0.15) is 0 Å². The maximum atomic E-state index is 12.0. The second-order valence-corrected chi connectivity index (χ2v) is 6.00. The molecule has 2 N–H and O–H groups in total. The van der Waals surface area contributed by atoms with Crippen LogP contribution >= 0.6 is 0 Å². The lowest BCUT2D eigenvalue weighted by Gasteiger charge is -2.27. The van der Waals surface area contributed by atoms with Gasteiger partial charge in [-0.1, -0.05) is 0 Å². The fourth-order valence-corrected chi connectivity index (χ4v) is 3.34. The summed E-state index contributed by atoms with van der Waals surface area (Å²) in [7, 11) is 2.15. The molecule has 108 valence electrons. The van der Waals surface area contributed by atoms with Crippen LogP contribution in [0.5, 0.6) is 0 Å². The van der Waals surface area contributed by atoms with Crippen molar-refractivity contribution in [2.75, 3.05) is 53.0 Å². The summed E-state index contributed by atoms with van der Waals surface area (Å²) in [5.74, 6) is 0.606. The molecule has 0 aromatic heterocycles. The highest BCUT2D eigenvalue weighted by Gasteiger charge is 2.37. The number of urea groups is 1. The van der Waals surface area contributed by atoms with Crippen LogP contribution in [0.3, 0.4) is 0 Å². The maximum absolute atomic E-state index is 12.0. The number of hydrogen-bond acceptors (Lipinski definition) is 4. The molecule has 6 heteroatoms. The number of likely N-dealkylation sites (tertiary alicyclic amines) is 1. The summed E-state index contributed by atoms with van der Waals surface area (Å²) in [6, 6.07) is 0.693. The number of nitrogens with one attached hydrogen (secondary N) is 2. The van der Waals surface area contributed by atoms with E-state index in [1.54, 1.807) is 0 Å². The van der Waals surface area contributed by atoms with Gasteiger partial charge in [-0.05, 0) is 25.9 Å². The fourth-order valence-electron chi connectivity index (χ4n) is 3.34. The Morgan fingerprint density at radius 1 is 1.42 bits per heavy atom. The van der Waals surface area contributed by atoms with Crippen LogP contribution in [0, 0.1) is 5.92 Å². The number of nitrogens with zero attached hydrogens (tertiary/aromatic N) is 2. The zero-order valence-electron chi connectivity index (χ0n) is 11.6. The van der Waals surface area contributed by atoms with E-state index in [0.29, 0.717) is 18.6 Å². The number of morpholine rings is 1. The molecule has 19 heavy (non-hydrogen) atoms. The summed E-state index contributed by atoms with van der Waals surface area (Å²) in [5, 5.41) is 6.55. The van der Waals surface area contributed by atoms with Crippen LogP contribution in [0.25, 0.3) is 0 Å². The summed E-state index contributed by atoms with van der Waals surface area (Å²) >= 11 is 0.